The molecular weight excluding hydrogens is 257 g/mol. The number of hydrogen-bond acceptors (Lipinski definition) is 5. The predicted octanol–water partition coefficient (Wildman–Crippen LogP) is 2.12. The van der Waals surface area contributed by atoms with Gasteiger partial charge in [0.25, 0.3) is 0 Å². The molecule has 20 heavy (non-hydrogen) atoms. The molecule has 2 aromatic rings. The molecule has 0 saturated heterocycles. The van der Waals surface area contributed by atoms with Crippen molar-refractivity contribution < 1.29 is 4.39 Å². The summed E-state index contributed by atoms with van der Waals surface area (Å²) in [6, 6.07) is 0. The van der Waals surface area contributed by atoms with Crippen molar-refractivity contribution in [2.45, 2.75) is 33.4 Å². The first-order chi connectivity index (χ1) is 9.61. The molecule has 0 aromatic carbocycles. The fraction of sp³-hybridized carbons (Fsp3) is 0.429. The van der Waals surface area contributed by atoms with E-state index in [1.54, 1.807) is 0 Å². The van der Waals surface area contributed by atoms with Crippen molar-refractivity contribution in [2.24, 2.45) is 5.92 Å². The smallest absolute Gasteiger partial charge is 0.226 e. The van der Waals surface area contributed by atoms with E-state index in [0.717, 1.165) is 23.5 Å². The van der Waals surface area contributed by atoms with Crippen LogP contribution in [0.4, 0.5) is 10.3 Å². The van der Waals surface area contributed by atoms with Crippen molar-refractivity contribution in [3.63, 3.8) is 0 Å². The Hall–Kier alpha value is -2.11. The van der Waals surface area contributed by atoms with Crippen LogP contribution in [0.5, 0.6) is 0 Å². The fourth-order valence-electron chi connectivity index (χ4n) is 2.27. The van der Waals surface area contributed by atoms with Gasteiger partial charge in [-0.25, -0.2) is 24.3 Å². The molecule has 2 aromatic heterocycles. The van der Waals surface area contributed by atoms with Gasteiger partial charge in [-0.1, -0.05) is 13.8 Å². The zero-order valence-corrected chi connectivity index (χ0v) is 11.5. The Balaban J connectivity index is 1.79. The summed E-state index contributed by atoms with van der Waals surface area (Å²) in [6.45, 7) is 5.61. The van der Waals surface area contributed by atoms with Crippen LogP contribution in [0.25, 0.3) is 0 Å². The molecule has 3 heterocycles. The Kier molecular flexibility index (Phi) is 3.30. The Bertz CT molecular complexity index is 611. The maximum Gasteiger partial charge on any atom is 0.226 e. The number of halogens is 1. The van der Waals surface area contributed by atoms with Crippen molar-refractivity contribution >= 4 is 5.95 Å². The SMILES string of the molecule is CC(C)Cc1ncc2c(n1)CN(c1ncc(F)cn1)C2. The van der Waals surface area contributed by atoms with Crippen molar-refractivity contribution in [1.82, 2.24) is 19.9 Å². The van der Waals surface area contributed by atoms with Crippen molar-refractivity contribution in [1.29, 1.82) is 0 Å². The Morgan fingerprint density at radius 3 is 2.60 bits per heavy atom. The minimum Gasteiger partial charge on any atom is -0.330 e. The van der Waals surface area contributed by atoms with E-state index >= 15 is 0 Å². The van der Waals surface area contributed by atoms with E-state index < -0.39 is 5.82 Å². The molecule has 0 aliphatic carbocycles. The first-order valence-corrected chi connectivity index (χ1v) is 6.68. The van der Waals surface area contributed by atoms with Crippen LogP contribution in [0.2, 0.25) is 0 Å². The molecule has 0 atom stereocenters. The summed E-state index contributed by atoms with van der Waals surface area (Å²) in [5.74, 6) is 1.51. The molecule has 0 amide bonds. The van der Waals surface area contributed by atoms with Crippen LogP contribution in [0.1, 0.15) is 30.9 Å². The van der Waals surface area contributed by atoms with Gasteiger partial charge in [-0.2, -0.15) is 0 Å². The molecule has 0 bridgehead atoms. The molecule has 1 aliphatic rings. The molecule has 6 heteroatoms. The molecule has 0 radical (unpaired) electrons. The number of hydrogen-bond donors (Lipinski definition) is 0. The van der Waals surface area contributed by atoms with E-state index in [2.05, 4.69) is 33.8 Å². The second kappa shape index (κ2) is 5.11. The molecule has 0 spiro atoms. The number of nitrogens with zero attached hydrogens (tertiary/aromatic N) is 5. The highest BCUT2D eigenvalue weighted by atomic mass is 19.1. The highest BCUT2D eigenvalue weighted by Crippen LogP contribution is 2.24. The normalized spacial score (nSPS) is 13.9. The summed E-state index contributed by atoms with van der Waals surface area (Å²) in [6.07, 6.45) is 5.12. The average Bonchev–Trinajstić information content (AvgIpc) is 2.81. The van der Waals surface area contributed by atoms with Crippen LogP contribution in [0.15, 0.2) is 18.6 Å². The molecular formula is C14H16FN5. The van der Waals surface area contributed by atoms with Gasteiger partial charge >= 0.3 is 0 Å². The topological polar surface area (TPSA) is 54.8 Å². The van der Waals surface area contributed by atoms with Crippen LogP contribution >= 0.6 is 0 Å². The fourth-order valence-corrected chi connectivity index (χ4v) is 2.27. The number of aromatic nitrogens is 4. The number of fused-ring (bicyclic) bond motifs is 1. The van der Waals surface area contributed by atoms with Gasteiger partial charge in [0, 0.05) is 24.7 Å². The lowest BCUT2D eigenvalue weighted by Crippen LogP contribution is -2.17. The number of anilines is 1. The predicted molar refractivity (Wildman–Crippen MR) is 72.5 cm³/mol. The largest absolute Gasteiger partial charge is 0.330 e. The second-order valence-electron chi connectivity index (χ2n) is 5.41. The van der Waals surface area contributed by atoms with E-state index in [4.69, 9.17) is 0 Å². The van der Waals surface area contributed by atoms with Crippen LogP contribution in [-0.4, -0.2) is 19.9 Å². The highest BCUT2D eigenvalue weighted by molar-refractivity contribution is 5.39. The van der Waals surface area contributed by atoms with Crippen LogP contribution in [0.3, 0.4) is 0 Å². The number of rotatable bonds is 3. The van der Waals surface area contributed by atoms with Crippen LogP contribution in [-0.2, 0) is 19.5 Å². The molecule has 1 aliphatic heterocycles. The first kappa shape index (κ1) is 12.9. The molecule has 3 rings (SSSR count). The third-order valence-corrected chi connectivity index (χ3v) is 3.19. The van der Waals surface area contributed by atoms with Gasteiger partial charge in [0.05, 0.1) is 24.6 Å². The van der Waals surface area contributed by atoms with Gasteiger partial charge in [0.2, 0.25) is 5.95 Å². The van der Waals surface area contributed by atoms with E-state index in [0.29, 0.717) is 25.0 Å². The standard InChI is InChI=1S/C14H16FN5/c1-9(2)3-13-16-4-10-7-20(8-12(10)19-13)14-17-5-11(15)6-18-14/h4-6,9H,3,7-8H2,1-2H3. The van der Waals surface area contributed by atoms with Gasteiger partial charge in [-0.3, -0.25) is 0 Å². The van der Waals surface area contributed by atoms with Gasteiger partial charge in [-0.05, 0) is 5.92 Å². The monoisotopic (exact) mass is 273 g/mol. The van der Waals surface area contributed by atoms with Gasteiger partial charge in [-0.15, -0.1) is 0 Å². The van der Waals surface area contributed by atoms with Gasteiger partial charge in [0.1, 0.15) is 5.82 Å². The summed E-state index contributed by atoms with van der Waals surface area (Å²) in [5.41, 5.74) is 2.11. The summed E-state index contributed by atoms with van der Waals surface area (Å²) >= 11 is 0. The van der Waals surface area contributed by atoms with Crippen molar-refractivity contribution in [3.8, 4) is 0 Å². The zero-order chi connectivity index (χ0) is 14.1. The van der Waals surface area contributed by atoms with Gasteiger partial charge in [0.15, 0.2) is 5.82 Å². The summed E-state index contributed by atoms with van der Waals surface area (Å²) in [5, 5.41) is 0. The average molecular weight is 273 g/mol. The highest BCUT2D eigenvalue weighted by Gasteiger charge is 2.23. The third-order valence-electron chi connectivity index (χ3n) is 3.19. The lowest BCUT2D eigenvalue weighted by molar-refractivity contribution is 0.611. The minimum absolute atomic E-state index is 0.426. The first-order valence-electron chi connectivity index (χ1n) is 6.68. The van der Waals surface area contributed by atoms with E-state index in [1.807, 2.05) is 11.1 Å². The second-order valence-corrected chi connectivity index (χ2v) is 5.41. The Morgan fingerprint density at radius 1 is 1.15 bits per heavy atom. The van der Waals surface area contributed by atoms with Crippen LogP contribution < -0.4 is 4.90 Å². The minimum atomic E-state index is -0.426. The molecule has 0 fully saturated rings. The lowest BCUT2D eigenvalue weighted by Gasteiger charge is -2.13. The summed E-state index contributed by atoms with van der Waals surface area (Å²) in [4.78, 5) is 19.0. The third kappa shape index (κ3) is 2.59. The van der Waals surface area contributed by atoms with E-state index in [9.17, 15) is 4.39 Å². The quantitative estimate of drug-likeness (QED) is 0.857. The molecule has 0 unspecified atom stereocenters. The summed E-state index contributed by atoms with van der Waals surface area (Å²) in [7, 11) is 0. The zero-order valence-electron chi connectivity index (χ0n) is 11.5. The Labute approximate surface area is 116 Å². The molecule has 104 valence electrons. The summed E-state index contributed by atoms with van der Waals surface area (Å²) < 4.78 is 12.8. The van der Waals surface area contributed by atoms with Crippen molar-refractivity contribution in [2.75, 3.05) is 4.90 Å². The van der Waals surface area contributed by atoms with Gasteiger partial charge < -0.3 is 4.90 Å². The maximum atomic E-state index is 12.8. The maximum absolute atomic E-state index is 12.8. The lowest BCUT2D eigenvalue weighted by atomic mass is 10.1. The van der Waals surface area contributed by atoms with Crippen molar-refractivity contribution in [3.05, 3.63) is 41.5 Å². The Morgan fingerprint density at radius 2 is 1.90 bits per heavy atom. The molecule has 0 N–H and O–H groups in total. The van der Waals surface area contributed by atoms with E-state index in [-0.39, 0.29) is 0 Å². The molecule has 5 nitrogen and oxygen atoms in total. The van der Waals surface area contributed by atoms with E-state index in [1.165, 1.54) is 12.4 Å². The molecule has 0 saturated carbocycles. The van der Waals surface area contributed by atoms with Crippen LogP contribution in [0, 0.1) is 11.7 Å².